The summed E-state index contributed by atoms with van der Waals surface area (Å²) in [5, 5.41) is 3.05. The molecule has 140 valence electrons. The van der Waals surface area contributed by atoms with E-state index >= 15 is 0 Å². The van der Waals surface area contributed by atoms with E-state index in [0.29, 0.717) is 12.5 Å². The first-order valence-corrected chi connectivity index (χ1v) is 9.03. The molecule has 2 atom stereocenters. The molecule has 1 aliphatic heterocycles. The van der Waals surface area contributed by atoms with Crippen molar-refractivity contribution in [3.63, 3.8) is 0 Å². The van der Waals surface area contributed by atoms with Crippen LogP contribution < -0.4 is 15.8 Å². The van der Waals surface area contributed by atoms with E-state index in [-0.39, 0.29) is 30.3 Å². The monoisotopic (exact) mass is 368 g/mol. The second-order valence-electron chi connectivity index (χ2n) is 6.93. The highest BCUT2D eigenvalue weighted by Gasteiger charge is 2.31. The van der Waals surface area contributed by atoms with Crippen LogP contribution in [0.4, 0.5) is 5.69 Å². The van der Waals surface area contributed by atoms with Crippen LogP contribution in [0.25, 0.3) is 0 Å². The number of amides is 1. The number of carbonyl (C=O) groups is 1. The van der Waals surface area contributed by atoms with Gasteiger partial charge in [-0.1, -0.05) is 6.42 Å². The Morgan fingerprint density at radius 1 is 1.28 bits per heavy atom. The highest BCUT2D eigenvalue weighted by atomic mass is 35.5. The molecule has 3 N–H and O–H groups in total. The van der Waals surface area contributed by atoms with E-state index in [9.17, 15) is 4.79 Å². The van der Waals surface area contributed by atoms with Gasteiger partial charge in [-0.2, -0.15) is 0 Å². The van der Waals surface area contributed by atoms with Gasteiger partial charge in [-0.15, -0.1) is 12.4 Å². The zero-order chi connectivity index (χ0) is 16.9. The number of nitrogens with one attached hydrogen (secondary N) is 1. The molecular formula is C19H29ClN2O3. The van der Waals surface area contributed by atoms with Gasteiger partial charge in [0.25, 0.3) is 0 Å². The van der Waals surface area contributed by atoms with E-state index in [2.05, 4.69) is 5.32 Å². The number of carbonyl (C=O) groups excluding carboxylic acids is 1. The molecule has 0 bridgehead atoms. The van der Waals surface area contributed by atoms with E-state index in [1.54, 1.807) is 0 Å². The van der Waals surface area contributed by atoms with Crippen molar-refractivity contribution in [3.8, 4) is 5.75 Å². The molecule has 1 amide bonds. The van der Waals surface area contributed by atoms with Crippen molar-refractivity contribution >= 4 is 24.0 Å². The molecule has 2 fully saturated rings. The van der Waals surface area contributed by atoms with Crippen LogP contribution in [-0.4, -0.2) is 31.8 Å². The minimum absolute atomic E-state index is 0. The first-order chi connectivity index (χ1) is 11.7. The number of ether oxygens (including phenoxy) is 2. The van der Waals surface area contributed by atoms with E-state index in [4.69, 9.17) is 15.2 Å². The second kappa shape index (κ2) is 9.41. The summed E-state index contributed by atoms with van der Waals surface area (Å²) in [6.07, 6.45) is 5.18. The normalized spacial score (nSPS) is 23.8. The van der Waals surface area contributed by atoms with Crippen molar-refractivity contribution in [1.29, 1.82) is 0 Å². The van der Waals surface area contributed by atoms with Gasteiger partial charge in [0, 0.05) is 24.4 Å². The molecule has 1 heterocycles. The zero-order valence-electron chi connectivity index (χ0n) is 14.8. The molecule has 2 aliphatic rings. The molecule has 0 unspecified atom stereocenters. The molecule has 0 spiro atoms. The van der Waals surface area contributed by atoms with Crippen LogP contribution in [0.5, 0.6) is 5.75 Å². The Morgan fingerprint density at radius 2 is 2.04 bits per heavy atom. The first kappa shape index (κ1) is 20.0. The fraction of sp³-hybridized carbons (Fsp3) is 0.632. The Morgan fingerprint density at radius 3 is 2.72 bits per heavy atom. The quantitative estimate of drug-likeness (QED) is 0.836. The van der Waals surface area contributed by atoms with Crippen molar-refractivity contribution in [1.82, 2.24) is 0 Å². The number of hydrogen-bond donors (Lipinski definition) is 2. The third-order valence-electron chi connectivity index (χ3n) is 5.20. The first-order valence-electron chi connectivity index (χ1n) is 9.03. The Bertz CT molecular complexity index is 576. The van der Waals surface area contributed by atoms with Crippen LogP contribution in [0.2, 0.25) is 0 Å². The van der Waals surface area contributed by atoms with Crippen LogP contribution in [0, 0.1) is 18.8 Å². The molecule has 1 saturated heterocycles. The topological polar surface area (TPSA) is 73.6 Å². The smallest absolute Gasteiger partial charge is 0.227 e. The number of hydrogen-bond acceptors (Lipinski definition) is 4. The minimum atomic E-state index is 0. The maximum absolute atomic E-state index is 12.5. The van der Waals surface area contributed by atoms with Gasteiger partial charge in [-0.25, -0.2) is 0 Å². The molecule has 5 nitrogen and oxygen atoms in total. The molecule has 3 rings (SSSR count). The summed E-state index contributed by atoms with van der Waals surface area (Å²) < 4.78 is 11.4. The Hall–Kier alpha value is -1.30. The molecule has 0 aromatic heterocycles. The fourth-order valence-electron chi connectivity index (χ4n) is 3.73. The summed E-state index contributed by atoms with van der Waals surface area (Å²) in [5.74, 6) is 1.36. The zero-order valence-corrected chi connectivity index (χ0v) is 15.6. The molecule has 1 aliphatic carbocycles. The van der Waals surface area contributed by atoms with Gasteiger partial charge >= 0.3 is 0 Å². The highest BCUT2D eigenvalue weighted by molar-refractivity contribution is 5.93. The van der Waals surface area contributed by atoms with Gasteiger partial charge in [0.15, 0.2) is 0 Å². The largest absolute Gasteiger partial charge is 0.490 e. The van der Waals surface area contributed by atoms with Gasteiger partial charge < -0.3 is 20.5 Å². The van der Waals surface area contributed by atoms with E-state index < -0.39 is 0 Å². The maximum atomic E-state index is 12.5. The van der Waals surface area contributed by atoms with Crippen LogP contribution in [0.1, 0.15) is 37.7 Å². The van der Waals surface area contributed by atoms with Crippen LogP contribution in [-0.2, 0) is 9.53 Å². The Balaban J connectivity index is 0.00000225. The van der Waals surface area contributed by atoms with E-state index in [1.807, 2.05) is 25.1 Å². The average Bonchev–Trinajstić information content (AvgIpc) is 3.07. The number of benzene rings is 1. The van der Waals surface area contributed by atoms with Crippen LogP contribution >= 0.6 is 12.4 Å². The number of halogens is 1. The van der Waals surface area contributed by atoms with Gasteiger partial charge in [-0.3, -0.25) is 4.79 Å². The van der Waals surface area contributed by atoms with Gasteiger partial charge in [0.1, 0.15) is 11.9 Å². The predicted octanol–water partition coefficient (Wildman–Crippen LogP) is 3.29. The maximum Gasteiger partial charge on any atom is 0.227 e. The van der Waals surface area contributed by atoms with Crippen LogP contribution in [0.3, 0.4) is 0 Å². The molecule has 1 aromatic carbocycles. The Labute approximate surface area is 156 Å². The molecule has 25 heavy (non-hydrogen) atoms. The summed E-state index contributed by atoms with van der Waals surface area (Å²) in [6, 6.07) is 5.86. The summed E-state index contributed by atoms with van der Waals surface area (Å²) >= 11 is 0. The van der Waals surface area contributed by atoms with Crippen molar-refractivity contribution < 1.29 is 14.3 Å². The summed E-state index contributed by atoms with van der Waals surface area (Å²) in [6.45, 7) is 4.14. The van der Waals surface area contributed by atoms with Crippen molar-refractivity contribution in [3.05, 3.63) is 23.8 Å². The SMILES string of the molecule is Cc1cc(NC(=O)[C@@H]2CCC[C@@H]2CN)ccc1OC1CCOCC1.Cl. The van der Waals surface area contributed by atoms with E-state index in [0.717, 1.165) is 62.3 Å². The lowest BCUT2D eigenvalue weighted by Crippen LogP contribution is -2.29. The summed E-state index contributed by atoms with van der Waals surface area (Å²) in [5.41, 5.74) is 7.66. The lowest BCUT2D eigenvalue weighted by molar-refractivity contribution is -0.120. The van der Waals surface area contributed by atoms with Gasteiger partial charge in [-0.05, 0) is 56.0 Å². The lowest BCUT2D eigenvalue weighted by atomic mass is 9.95. The number of anilines is 1. The molecule has 1 saturated carbocycles. The van der Waals surface area contributed by atoms with Gasteiger partial charge in [0.05, 0.1) is 13.2 Å². The average molecular weight is 369 g/mol. The third-order valence-corrected chi connectivity index (χ3v) is 5.20. The summed E-state index contributed by atoms with van der Waals surface area (Å²) in [4.78, 5) is 12.5. The van der Waals surface area contributed by atoms with Gasteiger partial charge in [0.2, 0.25) is 5.91 Å². The van der Waals surface area contributed by atoms with Crippen molar-refractivity contribution in [2.24, 2.45) is 17.6 Å². The molecule has 6 heteroatoms. The molecular weight excluding hydrogens is 340 g/mol. The molecule has 0 radical (unpaired) electrons. The number of aryl methyl sites for hydroxylation is 1. The second-order valence-corrected chi connectivity index (χ2v) is 6.93. The highest BCUT2D eigenvalue weighted by Crippen LogP contribution is 2.32. The lowest BCUT2D eigenvalue weighted by Gasteiger charge is -2.24. The van der Waals surface area contributed by atoms with Crippen LogP contribution in [0.15, 0.2) is 18.2 Å². The van der Waals surface area contributed by atoms with Crippen molar-refractivity contribution in [2.75, 3.05) is 25.1 Å². The van der Waals surface area contributed by atoms with Crippen molar-refractivity contribution in [2.45, 2.75) is 45.1 Å². The molecule has 1 aromatic rings. The predicted molar refractivity (Wildman–Crippen MR) is 101 cm³/mol. The third kappa shape index (κ3) is 5.09. The summed E-state index contributed by atoms with van der Waals surface area (Å²) in [7, 11) is 0. The Kier molecular flexibility index (Phi) is 7.54. The number of nitrogens with two attached hydrogens (primary N) is 1. The fourth-order valence-corrected chi connectivity index (χ4v) is 3.73. The van der Waals surface area contributed by atoms with E-state index in [1.165, 1.54) is 0 Å². The standard InChI is InChI=1S/C19H28N2O3.ClH/c1-13-11-15(21-19(22)17-4-2-3-14(17)12-20)5-6-18(13)24-16-7-9-23-10-8-16;/h5-6,11,14,16-17H,2-4,7-10,12,20H2,1H3,(H,21,22);1H/t14-,17-;/m1./s1. The minimum Gasteiger partial charge on any atom is -0.490 e. The number of rotatable bonds is 5.